The molecule has 0 spiro atoms. The summed E-state index contributed by atoms with van der Waals surface area (Å²) in [5.74, 6) is -2.78. The average Bonchev–Trinajstić information content (AvgIpc) is 2.42. The molecule has 0 aromatic carbocycles. The van der Waals surface area contributed by atoms with Crippen LogP contribution >= 0.6 is 0 Å². The van der Waals surface area contributed by atoms with E-state index in [1.165, 1.54) is 0 Å². The molecular weight excluding hydrogens is 329 g/mol. The van der Waals surface area contributed by atoms with Gasteiger partial charge in [-0.2, -0.15) is 0 Å². The van der Waals surface area contributed by atoms with Gasteiger partial charge in [0.25, 0.3) is 0 Å². The van der Waals surface area contributed by atoms with E-state index in [2.05, 4.69) is 5.32 Å². The van der Waals surface area contributed by atoms with Gasteiger partial charge in [0, 0.05) is 27.7 Å². The van der Waals surface area contributed by atoms with E-state index in [1.807, 2.05) is 0 Å². The number of ether oxygens (including phenoxy) is 4. The summed E-state index contributed by atoms with van der Waals surface area (Å²) in [6, 6.07) is -1.25. The molecule has 1 aliphatic heterocycles. The Bertz CT molecular complexity index is 511. The molecule has 1 amide bonds. The number of hydrogen-bond donors (Lipinski definition) is 1. The highest BCUT2D eigenvalue weighted by Gasteiger charge is 2.50. The molecule has 10 heteroatoms. The monoisotopic (exact) mass is 349 g/mol. The minimum absolute atomic E-state index is 0.473. The molecule has 1 saturated heterocycles. The van der Waals surface area contributed by atoms with Crippen LogP contribution in [0.1, 0.15) is 27.7 Å². The van der Waals surface area contributed by atoms with Gasteiger partial charge >= 0.3 is 17.9 Å². The third-order valence-corrected chi connectivity index (χ3v) is 3.03. The van der Waals surface area contributed by atoms with Crippen molar-refractivity contribution in [2.24, 2.45) is 0 Å². The lowest BCUT2D eigenvalue weighted by Gasteiger charge is -2.42. The van der Waals surface area contributed by atoms with E-state index in [9.17, 15) is 23.6 Å². The van der Waals surface area contributed by atoms with Gasteiger partial charge in [-0.05, 0) is 0 Å². The predicted octanol–water partition coefficient (Wildman–Crippen LogP) is -0.388. The first-order valence-electron chi connectivity index (χ1n) is 7.16. The quantitative estimate of drug-likeness (QED) is 0.527. The van der Waals surface area contributed by atoms with Crippen molar-refractivity contribution < 1.29 is 42.5 Å². The van der Waals surface area contributed by atoms with E-state index in [1.54, 1.807) is 0 Å². The number of hydrogen-bond acceptors (Lipinski definition) is 8. The average molecular weight is 349 g/mol. The fourth-order valence-electron chi connectivity index (χ4n) is 2.21. The molecule has 1 heterocycles. The molecule has 1 N–H and O–H groups in total. The number of nitrogens with one attached hydrogen (secondary N) is 1. The van der Waals surface area contributed by atoms with Crippen LogP contribution in [0.2, 0.25) is 0 Å². The SMILES string of the molecule is CC(=O)N[C@@H]1[C@@H](OC(C)=O)O[C@H](COC(C)=O)[C@@H](F)[C@@H]1OC(C)=O. The smallest absolute Gasteiger partial charge is 0.305 e. The molecule has 0 aliphatic carbocycles. The summed E-state index contributed by atoms with van der Waals surface area (Å²) >= 11 is 0. The van der Waals surface area contributed by atoms with Crippen LogP contribution < -0.4 is 5.32 Å². The fourth-order valence-corrected chi connectivity index (χ4v) is 2.21. The van der Waals surface area contributed by atoms with Crippen molar-refractivity contribution >= 4 is 23.8 Å². The molecule has 0 radical (unpaired) electrons. The summed E-state index contributed by atoms with van der Waals surface area (Å²) in [7, 11) is 0. The first kappa shape index (κ1) is 19.8. The van der Waals surface area contributed by atoms with E-state index < -0.39 is 61.1 Å². The Morgan fingerprint density at radius 1 is 1.00 bits per heavy atom. The number of carbonyl (C=O) groups excluding carboxylic acids is 4. The van der Waals surface area contributed by atoms with Gasteiger partial charge in [-0.1, -0.05) is 0 Å². The topological polar surface area (TPSA) is 117 Å². The number of halogens is 1. The van der Waals surface area contributed by atoms with Gasteiger partial charge in [0.05, 0.1) is 0 Å². The highest BCUT2D eigenvalue weighted by atomic mass is 19.1. The zero-order chi connectivity index (χ0) is 18.4. The molecule has 0 unspecified atom stereocenters. The van der Waals surface area contributed by atoms with Gasteiger partial charge in [-0.3, -0.25) is 19.2 Å². The second kappa shape index (κ2) is 8.57. The molecule has 0 aromatic heterocycles. The Morgan fingerprint density at radius 2 is 1.58 bits per heavy atom. The highest BCUT2D eigenvalue weighted by Crippen LogP contribution is 2.27. The lowest BCUT2D eigenvalue weighted by Crippen LogP contribution is -2.64. The molecule has 0 aromatic rings. The number of carbonyl (C=O) groups is 4. The molecule has 24 heavy (non-hydrogen) atoms. The third-order valence-electron chi connectivity index (χ3n) is 3.03. The first-order valence-corrected chi connectivity index (χ1v) is 7.16. The number of esters is 3. The van der Waals surface area contributed by atoms with Crippen molar-refractivity contribution in [2.45, 2.75) is 58.4 Å². The molecule has 1 aliphatic rings. The summed E-state index contributed by atoms with van der Waals surface area (Å²) in [5.41, 5.74) is 0. The molecule has 0 bridgehead atoms. The van der Waals surface area contributed by atoms with Crippen LogP contribution in [0.4, 0.5) is 4.39 Å². The fraction of sp³-hybridized carbons (Fsp3) is 0.714. The predicted molar refractivity (Wildman–Crippen MR) is 75.1 cm³/mol. The molecule has 9 nitrogen and oxygen atoms in total. The lowest BCUT2D eigenvalue weighted by atomic mass is 9.97. The Labute approximate surface area is 137 Å². The zero-order valence-electron chi connectivity index (χ0n) is 13.7. The Balaban J connectivity index is 3.07. The Kier molecular flexibility index (Phi) is 7.08. The van der Waals surface area contributed by atoms with E-state index in [0.717, 1.165) is 27.7 Å². The highest BCUT2D eigenvalue weighted by molar-refractivity contribution is 5.74. The lowest BCUT2D eigenvalue weighted by molar-refractivity contribution is -0.256. The maximum atomic E-state index is 14.6. The normalized spacial score (nSPS) is 29.3. The Hall–Kier alpha value is -2.23. The standard InChI is InChI=1S/C14H20FNO8/c1-6(17)16-12-13(22-8(3)19)11(15)10(5-21-7(2)18)24-14(12)23-9(4)20/h10-14H,5H2,1-4H3,(H,16,17)/t10-,11-,12+,13+,14+/m1/s1. The summed E-state index contributed by atoms with van der Waals surface area (Å²) in [6.07, 6.45) is -6.15. The molecule has 1 rings (SSSR count). The van der Waals surface area contributed by atoms with Crippen LogP contribution in [0, 0.1) is 0 Å². The summed E-state index contributed by atoms with van der Waals surface area (Å²) in [5, 5.41) is 2.34. The van der Waals surface area contributed by atoms with Gasteiger partial charge in [0.1, 0.15) is 18.8 Å². The van der Waals surface area contributed by atoms with Crippen molar-refractivity contribution in [1.82, 2.24) is 5.32 Å². The third kappa shape index (κ3) is 5.76. The molecule has 5 atom stereocenters. The maximum Gasteiger partial charge on any atom is 0.305 e. The second-order valence-electron chi connectivity index (χ2n) is 5.20. The van der Waals surface area contributed by atoms with E-state index >= 15 is 0 Å². The summed E-state index contributed by atoms with van der Waals surface area (Å²) in [6.45, 7) is 3.97. The van der Waals surface area contributed by atoms with Crippen molar-refractivity contribution in [3.8, 4) is 0 Å². The van der Waals surface area contributed by atoms with Crippen molar-refractivity contribution in [2.75, 3.05) is 6.61 Å². The van der Waals surface area contributed by atoms with Gasteiger partial charge < -0.3 is 24.3 Å². The maximum absolute atomic E-state index is 14.6. The van der Waals surface area contributed by atoms with Crippen LogP contribution in [-0.2, 0) is 38.1 Å². The van der Waals surface area contributed by atoms with Gasteiger partial charge in [-0.15, -0.1) is 0 Å². The minimum atomic E-state index is -1.92. The van der Waals surface area contributed by atoms with E-state index in [-0.39, 0.29) is 0 Å². The Morgan fingerprint density at radius 3 is 2.04 bits per heavy atom. The van der Waals surface area contributed by atoms with Crippen molar-refractivity contribution in [3.63, 3.8) is 0 Å². The first-order chi connectivity index (χ1) is 11.1. The largest absolute Gasteiger partial charge is 0.463 e. The van der Waals surface area contributed by atoms with E-state index in [0.29, 0.717) is 0 Å². The zero-order valence-corrected chi connectivity index (χ0v) is 13.7. The molecular formula is C14H20FNO8. The van der Waals surface area contributed by atoms with Gasteiger partial charge in [0.2, 0.25) is 12.2 Å². The summed E-state index contributed by atoms with van der Waals surface area (Å²) in [4.78, 5) is 44.7. The van der Waals surface area contributed by atoms with Crippen molar-refractivity contribution in [1.29, 1.82) is 0 Å². The van der Waals surface area contributed by atoms with Crippen LogP contribution in [0.3, 0.4) is 0 Å². The number of rotatable bonds is 5. The van der Waals surface area contributed by atoms with Crippen LogP contribution in [-0.4, -0.2) is 61.1 Å². The van der Waals surface area contributed by atoms with E-state index in [4.69, 9.17) is 18.9 Å². The molecule has 1 fully saturated rings. The van der Waals surface area contributed by atoms with Crippen molar-refractivity contribution in [3.05, 3.63) is 0 Å². The number of amides is 1. The van der Waals surface area contributed by atoms with Gasteiger partial charge in [-0.25, -0.2) is 4.39 Å². The van der Waals surface area contributed by atoms with Crippen LogP contribution in [0.15, 0.2) is 0 Å². The van der Waals surface area contributed by atoms with Gasteiger partial charge in [0.15, 0.2) is 12.3 Å². The summed E-state index contributed by atoms with van der Waals surface area (Å²) < 4.78 is 34.5. The van der Waals surface area contributed by atoms with Crippen LogP contribution in [0.25, 0.3) is 0 Å². The van der Waals surface area contributed by atoms with Crippen LogP contribution in [0.5, 0.6) is 0 Å². The molecule has 136 valence electrons. The second-order valence-corrected chi connectivity index (χ2v) is 5.20. The number of alkyl halides is 1. The minimum Gasteiger partial charge on any atom is -0.463 e. The molecule has 0 saturated carbocycles.